The molecule has 0 saturated carbocycles. The van der Waals surface area contributed by atoms with E-state index >= 15 is 0 Å². The first-order valence-electron chi connectivity index (χ1n) is 11.5. The standard InChI is InChI=1S/C27H27N5OS/c1-20-18-22(27(33)32-16-14-31(15-17-32)19-23-8-2-3-12-28-23)10-11-24(20)30-34-25-9-4-6-21-7-5-13-29-26(21)25/h2-13,18,30H,14-17,19H2,1H3. The van der Waals surface area contributed by atoms with Crippen LogP contribution in [-0.2, 0) is 6.54 Å². The van der Waals surface area contributed by atoms with Crippen LogP contribution < -0.4 is 4.72 Å². The van der Waals surface area contributed by atoms with Crippen molar-refractivity contribution in [3.63, 3.8) is 0 Å². The highest BCUT2D eigenvalue weighted by atomic mass is 32.2. The Labute approximate surface area is 204 Å². The zero-order chi connectivity index (χ0) is 23.3. The summed E-state index contributed by atoms with van der Waals surface area (Å²) in [4.78, 5) is 27.4. The first-order chi connectivity index (χ1) is 16.7. The smallest absolute Gasteiger partial charge is 0.253 e. The molecule has 2 aromatic heterocycles. The van der Waals surface area contributed by atoms with Crippen LogP contribution in [0.5, 0.6) is 0 Å². The Morgan fingerprint density at radius 1 is 0.941 bits per heavy atom. The van der Waals surface area contributed by atoms with Gasteiger partial charge >= 0.3 is 0 Å². The number of pyridine rings is 2. The molecule has 172 valence electrons. The first kappa shape index (κ1) is 22.4. The van der Waals surface area contributed by atoms with Crippen LogP contribution in [0.3, 0.4) is 0 Å². The number of nitrogens with one attached hydrogen (secondary N) is 1. The first-order valence-corrected chi connectivity index (χ1v) is 12.3. The van der Waals surface area contributed by atoms with Crippen molar-refractivity contribution in [2.24, 2.45) is 0 Å². The second kappa shape index (κ2) is 10.2. The van der Waals surface area contributed by atoms with E-state index in [1.54, 1.807) is 11.9 Å². The Morgan fingerprint density at radius 3 is 2.56 bits per heavy atom. The average Bonchev–Trinajstić information content (AvgIpc) is 2.88. The number of aromatic nitrogens is 2. The summed E-state index contributed by atoms with van der Waals surface area (Å²) in [6.07, 6.45) is 3.64. The minimum Gasteiger partial charge on any atom is -0.336 e. The largest absolute Gasteiger partial charge is 0.336 e. The van der Waals surface area contributed by atoms with Gasteiger partial charge in [0.25, 0.3) is 5.91 Å². The Kier molecular flexibility index (Phi) is 6.74. The third kappa shape index (κ3) is 5.05. The number of nitrogens with zero attached hydrogens (tertiary/aromatic N) is 4. The van der Waals surface area contributed by atoms with E-state index in [0.29, 0.717) is 0 Å². The van der Waals surface area contributed by atoms with Gasteiger partial charge in [-0.1, -0.05) is 24.3 Å². The lowest BCUT2D eigenvalue weighted by atomic mass is 10.1. The van der Waals surface area contributed by atoms with E-state index in [9.17, 15) is 4.79 Å². The van der Waals surface area contributed by atoms with Crippen LogP contribution in [0.1, 0.15) is 21.6 Å². The van der Waals surface area contributed by atoms with Gasteiger partial charge in [-0.2, -0.15) is 0 Å². The molecule has 0 radical (unpaired) electrons. The second-order valence-electron chi connectivity index (χ2n) is 8.45. The number of amides is 1. The molecule has 2 aromatic carbocycles. The lowest BCUT2D eigenvalue weighted by Gasteiger charge is -2.34. The zero-order valence-electron chi connectivity index (χ0n) is 19.1. The van der Waals surface area contributed by atoms with Crippen molar-refractivity contribution in [3.8, 4) is 0 Å². The molecule has 0 unspecified atom stereocenters. The lowest BCUT2D eigenvalue weighted by molar-refractivity contribution is 0.0627. The van der Waals surface area contributed by atoms with Crippen LogP contribution in [0, 0.1) is 6.92 Å². The quantitative estimate of drug-likeness (QED) is 0.400. The molecule has 0 bridgehead atoms. The maximum atomic E-state index is 13.1. The summed E-state index contributed by atoms with van der Waals surface area (Å²) in [5, 5.41) is 1.12. The van der Waals surface area contributed by atoms with Crippen molar-refractivity contribution < 1.29 is 4.79 Å². The summed E-state index contributed by atoms with van der Waals surface area (Å²) in [6, 6.07) is 22.1. The monoisotopic (exact) mass is 469 g/mol. The summed E-state index contributed by atoms with van der Waals surface area (Å²) in [7, 11) is 0. The van der Waals surface area contributed by atoms with Gasteiger partial charge in [0.1, 0.15) is 0 Å². The van der Waals surface area contributed by atoms with Crippen molar-refractivity contribution in [1.82, 2.24) is 19.8 Å². The fraction of sp³-hybridized carbons (Fsp3) is 0.222. The molecule has 1 saturated heterocycles. The lowest BCUT2D eigenvalue weighted by Crippen LogP contribution is -2.48. The molecular weight excluding hydrogens is 442 g/mol. The maximum absolute atomic E-state index is 13.1. The molecule has 6 nitrogen and oxygen atoms in total. The molecule has 0 atom stereocenters. The van der Waals surface area contributed by atoms with Crippen LogP contribution in [0.25, 0.3) is 10.9 Å². The highest BCUT2D eigenvalue weighted by Gasteiger charge is 2.22. The number of carbonyl (C=O) groups is 1. The van der Waals surface area contributed by atoms with Gasteiger partial charge in [0.05, 0.1) is 16.1 Å². The van der Waals surface area contributed by atoms with Crippen molar-refractivity contribution in [2.45, 2.75) is 18.4 Å². The van der Waals surface area contributed by atoms with Crippen molar-refractivity contribution in [1.29, 1.82) is 0 Å². The fourth-order valence-electron chi connectivity index (χ4n) is 4.19. The molecule has 0 aliphatic carbocycles. The number of aryl methyl sites for hydroxylation is 1. The van der Waals surface area contributed by atoms with E-state index in [1.807, 2.05) is 72.7 Å². The molecule has 7 heteroatoms. The third-order valence-corrected chi connectivity index (χ3v) is 6.98. The third-order valence-electron chi connectivity index (χ3n) is 6.11. The van der Waals surface area contributed by atoms with E-state index in [2.05, 4.69) is 37.8 Å². The molecule has 1 aliphatic heterocycles. The molecule has 0 spiro atoms. The molecule has 34 heavy (non-hydrogen) atoms. The normalized spacial score (nSPS) is 14.3. The van der Waals surface area contributed by atoms with Gasteiger partial charge in [-0.15, -0.1) is 0 Å². The SMILES string of the molecule is Cc1cc(C(=O)N2CCN(Cc3ccccn3)CC2)ccc1NSc1cccc2cccnc12. The topological polar surface area (TPSA) is 61.4 Å². The molecule has 1 fully saturated rings. The van der Waals surface area contributed by atoms with Gasteiger partial charge in [0, 0.05) is 61.8 Å². The number of hydrogen-bond acceptors (Lipinski definition) is 6. The van der Waals surface area contributed by atoms with Gasteiger partial charge in [-0.25, -0.2) is 0 Å². The second-order valence-corrected chi connectivity index (χ2v) is 9.30. The number of para-hydroxylation sites is 1. The molecule has 1 N–H and O–H groups in total. The van der Waals surface area contributed by atoms with Crippen molar-refractivity contribution in [3.05, 3.63) is 95.9 Å². The maximum Gasteiger partial charge on any atom is 0.253 e. The Balaban J connectivity index is 1.19. The number of fused-ring (bicyclic) bond motifs is 1. The van der Waals surface area contributed by atoms with Gasteiger partial charge < -0.3 is 9.62 Å². The van der Waals surface area contributed by atoms with Gasteiger partial charge in [-0.3, -0.25) is 19.7 Å². The summed E-state index contributed by atoms with van der Waals surface area (Å²) >= 11 is 1.54. The van der Waals surface area contributed by atoms with Gasteiger partial charge in [-0.05, 0) is 66.9 Å². The minimum absolute atomic E-state index is 0.0954. The van der Waals surface area contributed by atoms with E-state index in [0.717, 1.165) is 71.0 Å². The van der Waals surface area contributed by atoms with Crippen molar-refractivity contribution in [2.75, 3.05) is 30.9 Å². The van der Waals surface area contributed by atoms with E-state index in [4.69, 9.17) is 0 Å². The number of carbonyl (C=O) groups excluding carboxylic acids is 1. The summed E-state index contributed by atoms with van der Waals surface area (Å²) < 4.78 is 3.44. The predicted octanol–water partition coefficient (Wildman–Crippen LogP) is 5.02. The Morgan fingerprint density at radius 2 is 1.76 bits per heavy atom. The predicted molar refractivity (Wildman–Crippen MR) is 138 cm³/mol. The minimum atomic E-state index is 0.0954. The van der Waals surface area contributed by atoms with Crippen LogP contribution in [0.4, 0.5) is 5.69 Å². The van der Waals surface area contributed by atoms with Crippen LogP contribution in [0.15, 0.2) is 84.0 Å². The molecule has 1 aliphatic rings. The summed E-state index contributed by atoms with van der Waals surface area (Å²) in [5.41, 5.74) is 4.82. The number of rotatable bonds is 6. The van der Waals surface area contributed by atoms with Gasteiger partial charge in [0.15, 0.2) is 0 Å². The number of benzene rings is 2. The molecule has 1 amide bonds. The number of hydrogen-bond donors (Lipinski definition) is 1. The molecular formula is C27H27N5OS. The van der Waals surface area contributed by atoms with Gasteiger partial charge in [0.2, 0.25) is 0 Å². The van der Waals surface area contributed by atoms with Crippen molar-refractivity contribution >= 4 is 34.4 Å². The summed E-state index contributed by atoms with van der Waals surface area (Å²) in [5.74, 6) is 0.0954. The van der Waals surface area contributed by atoms with Crippen LogP contribution in [-0.4, -0.2) is 51.9 Å². The van der Waals surface area contributed by atoms with E-state index in [1.165, 1.54) is 0 Å². The molecule has 5 rings (SSSR count). The fourth-order valence-corrected chi connectivity index (χ4v) is 5.05. The van der Waals surface area contributed by atoms with E-state index in [-0.39, 0.29) is 5.91 Å². The number of anilines is 1. The van der Waals surface area contributed by atoms with Crippen LogP contribution >= 0.6 is 11.9 Å². The highest BCUT2D eigenvalue weighted by Crippen LogP contribution is 2.29. The Hall–Kier alpha value is -3.42. The van der Waals surface area contributed by atoms with Crippen LogP contribution in [0.2, 0.25) is 0 Å². The Bertz CT molecular complexity index is 1280. The zero-order valence-corrected chi connectivity index (χ0v) is 20.0. The molecule has 3 heterocycles. The summed E-state index contributed by atoms with van der Waals surface area (Å²) in [6.45, 7) is 6.04. The van der Waals surface area contributed by atoms with E-state index < -0.39 is 0 Å². The highest BCUT2D eigenvalue weighted by molar-refractivity contribution is 8.00. The average molecular weight is 470 g/mol. The number of piperazine rings is 1. The molecule has 4 aromatic rings.